The first kappa shape index (κ1) is 33.3. The van der Waals surface area contributed by atoms with Crippen molar-refractivity contribution in [3.63, 3.8) is 0 Å². The van der Waals surface area contributed by atoms with E-state index in [1.165, 1.54) is 0 Å². The van der Waals surface area contributed by atoms with Gasteiger partial charge in [0.15, 0.2) is 5.78 Å². The maximum atomic E-state index is 13.7. The number of benzene rings is 2. The van der Waals surface area contributed by atoms with Gasteiger partial charge in [-0.3, -0.25) is 24.1 Å². The molecule has 2 saturated heterocycles. The van der Waals surface area contributed by atoms with Gasteiger partial charge in [-0.15, -0.1) is 0 Å². The zero-order valence-corrected chi connectivity index (χ0v) is 26.1. The van der Waals surface area contributed by atoms with E-state index in [1.807, 2.05) is 79.4 Å². The molecular weight excluding hydrogens is 560 g/mol. The minimum absolute atomic E-state index is 0.0808. The molecule has 3 N–H and O–H groups in total. The number of carbonyl (C=O) groups is 4. The lowest BCUT2D eigenvalue weighted by molar-refractivity contribution is -0.134. The summed E-state index contributed by atoms with van der Waals surface area (Å²) in [5.41, 5.74) is 1.03. The molecule has 0 saturated carbocycles. The highest BCUT2D eigenvalue weighted by Gasteiger charge is 2.50. The van der Waals surface area contributed by atoms with Crippen molar-refractivity contribution in [3.05, 3.63) is 71.8 Å². The van der Waals surface area contributed by atoms with E-state index >= 15 is 0 Å². The van der Waals surface area contributed by atoms with Crippen LogP contribution in [0.15, 0.2) is 60.7 Å². The van der Waals surface area contributed by atoms with Crippen LogP contribution in [0.2, 0.25) is 0 Å². The summed E-state index contributed by atoms with van der Waals surface area (Å²) >= 11 is 0. The highest BCUT2D eigenvalue weighted by molar-refractivity contribution is 5.98. The van der Waals surface area contributed by atoms with Crippen LogP contribution in [0.5, 0.6) is 0 Å². The van der Waals surface area contributed by atoms with Crippen molar-refractivity contribution in [2.75, 3.05) is 39.5 Å². The predicted molar refractivity (Wildman–Crippen MR) is 167 cm³/mol. The molecular formula is C34H46N4O6. The Kier molecular flexibility index (Phi) is 12.1. The number of hydrogen-bond donors (Lipinski definition) is 3. The third kappa shape index (κ3) is 10.2. The van der Waals surface area contributed by atoms with Crippen LogP contribution in [-0.2, 0) is 41.5 Å². The Balaban J connectivity index is 1.46. The number of Topliss-reactive ketones (excluding diaryl/α,β-unsaturated/α-hetero) is 1. The Morgan fingerprint density at radius 2 is 1.39 bits per heavy atom. The maximum absolute atomic E-state index is 13.7. The van der Waals surface area contributed by atoms with Gasteiger partial charge in [0.2, 0.25) is 17.7 Å². The quantitative estimate of drug-likeness (QED) is 0.250. The third-order valence-corrected chi connectivity index (χ3v) is 8.04. The fourth-order valence-corrected chi connectivity index (χ4v) is 5.35. The Morgan fingerprint density at radius 1 is 0.818 bits per heavy atom. The molecule has 238 valence electrons. The number of hydrogen-bond acceptors (Lipinski definition) is 7. The summed E-state index contributed by atoms with van der Waals surface area (Å²) in [4.78, 5) is 55.9. The zero-order valence-electron chi connectivity index (χ0n) is 26.1. The molecule has 10 nitrogen and oxygen atoms in total. The van der Waals surface area contributed by atoms with Crippen LogP contribution in [0, 0.1) is 5.92 Å². The number of rotatable bonds is 16. The van der Waals surface area contributed by atoms with Gasteiger partial charge in [-0.25, -0.2) is 0 Å². The van der Waals surface area contributed by atoms with Crippen molar-refractivity contribution in [1.29, 1.82) is 0 Å². The standard InChI is InChI=1S/C34H46N4O6/c1-24(2)20-29(33(42)36-28(31(40)34(3)23-44-34)21-26-12-8-5-9-13-26)37-32(41)27(15-14-25-10-6-4-7-11-25)35-30(39)22-38-16-18-43-19-17-38/h4-13,24,27-29H,14-23H2,1-3H3,(H,35,39)(H,36,42)(H,37,41)/t27?,28?,29-,34?/m0/s1. The first-order valence-corrected chi connectivity index (χ1v) is 15.6. The molecule has 2 aromatic rings. The summed E-state index contributed by atoms with van der Waals surface area (Å²) in [6.45, 7) is 8.57. The van der Waals surface area contributed by atoms with E-state index in [4.69, 9.17) is 9.47 Å². The second kappa shape index (κ2) is 15.9. The fraction of sp³-hybridized carbons (Fsp3) is 0.529. The largest absolute Gasteiger partial charge is 0.379 e. The summed E-state index contributed by atoms with van der Waals surface area (Å²) in [5, 5.41) is 8.76. The molecule has 10 heteroatoms. The van der Waals surface area contributed by atoms with Gasteiger partial charge in [0.05, 0.1) is 32.4 Å². The lowest BCUT2D eigenvalue weighted by Crippen LogP contribution is -2.58. The van der Waals surface area contributed by atoms with Gasteiger partial charge in [0.25, 0.3) is 0 Å². The minimum atomic E-state index is -0.920. The lowest BCUT2D eigenvalue weighted by atomic mass is 9.94. The molecule has 0 radical (unpaired) electrons. The van der Waals surface area contributed by atoms with Gasteiger partial charge in [-0.1, -0.05) is 74.5 Å². The van der Waals surface area contributed by atoms with Crippen LogP contribution in [0.3, 0.4) is 0 Å². The monoisotopic (exact) mass is 606 g/mol. The molecule has 2 fully saturated rings. The molecule has 3 unspecified atom stereocenters. The average molecular weight is 607 g/mol. The molecule has 4 rings (SSSR count). The number of morpholine rings is 1. The van der Waals surface area contributed by atoms with Crippen LogP contribution >= 0.6 is 0 Å². The highest BCUT2D eigenvalue weighted by atomic mass is 16.6. The number of ether oxygens (including phenoxy) is 2. The van der Waals surface area contributed by atoms with Crippen molar-refractivity contribution in [2.45, 2.75) is 70.2 Å². The Hall–Kier alpha value is -3.60. The second-order valence-electron chi connectivity index (χ2n) is 12.4. The van der Waals surface area contributed by atoms with Crippen LogP contribution in [0.25, 0.3) is 0 Å². The van der Waals surface area contributed by atoms with Crippen molar-refractivity contribution in [1.82, 2.24) is 20.9 Å². The molecule has 4 atom stereocenters. The minimum Gasteiger partial charge on any atom is -0.379 e. The normalized spacial score (nSPS) is 20.3. The third-order valence-electron chi connectivity index (χ3n) is 8.04. The number of carbonyl (C=O) groups excluding carboxylic acids is 4. The van der Waals surface area contributed by atoms with Gasteiger partial charge < -0.3 is 25.4 Å². The summed E-state index contributed by atoms with van der Waals surface area (Å²) in [7, 11) is 0. The SMILES string of the molecule is CC(C)C[C@H](NC(=O)C(CCc1ccccc1)NC(=O)CN1CCOCC1)C(=O)NC(Cc1ccccc1)C(=O)C1(C)CO1. The zero-order chi connectivity index (χ0) is 31.5. The number of nitrogens with zero attached hydrogens (tertiary/aromatic N) is 1. The summed E-state index contributed by atoms with van der Waals surface area (Å²) in [6.07, 6.45) is 1.62. The first-order valence-electron chi connectivity index (χ1n) is 15.6. The van der Waals surface area contributed by atoms with Crippen molar-refractivity contribution >= 4 is 23.5 Å². The number of nitrogens with one attached hydrogen (secondary N) is 3. The van der Waals surface area contributed by atoms with E-state index in [9.17, 15) is 19.2 Å². The summed E-state index contributed by atoms with van der Waals surface area (Å²) < 4.78 is 10.8. The lowest BCUT2D eigenvalue weighted by Gasteiger charge is -2.28. The number of ketones is 1. The van der Waals surface area contributed by atoms with E-state index in [2.05, 4.69) is 16.0 Å². The molecule has 0 bridgehead atoms. The van der Waals surface area contributed by atoms with E-state index in [1.54, 1.807) is 6.92 Å². The topological polar surface area (TPSA) is 129 Å². The van der Waals surface area contributed by atoms with E-state index in [-0.39, 0.29) is 24.2 Å². The van der Waals surface area contributed by atoms with Crippen LogP contribution in [-0.4, -0.2) is 91.6 Å². The molecule has 0 aliphatic carbocycles. The molecule has 0 spiro atoms. The predicted octanol–water partition coefficient (Wildman–Crippen LogP) is 2.05. The highest BCUT2D eigenvalue weighted by Crippen LogP contribution is 2.29. The van der Waals surface area contributed by atoms with Gasteiger partial charge >= 0.3 is 0 Å². The average Bonchev–Trinajstić information content (AvgIpc) is 3.77. The van der Waals surface area contributed by atoms with Crippen LogP contribution in [0.1, 0.15) is 44.7 Å². The summed E-state index contributed by atoms with van der Waals surface area (Å²) in [6, 6.07) is 16.7. The van der Waals surface area contributed by atoms with Crippen molar-refractivity contribution < 1.29 is 28.7 Å². The molecule has 2 aliphatic heterocycles. The van der Waals surface area contributed by atoms with Gasteiger partial charge in [-0.05, 0) is 49.7 Å². The van der Waals surface area contributed by atoms with Gasteiger partial charge in [0, 0.05) is 13.1 Å². The fourth-order valence-electron chi connectivity index (χ4n) is 5.35. The second-order valence-corrected chi connectivity index (χ2v) is 12.4. The Morgan fingerprint density at radius 3 is 1.98 bits per heavy atom. The molecule has 0 aromatic heterocycles. The summed E-state index contributed by atoms with van der Waals surface area (Å²) in [5.74, 6) is -1.23. The van der Waals surface area contributed by atoms with Crippen LogP contribution in [0.4, 0.5) is 0 Å². The van der Waals surface area contributed by atoms with Crippen LogP contribution < -0.4 is 16.0 Å². The Bertz CT molecular complexity index is 1240. The van der Waals surface area contributed by atoms with E-state index in [0.29, 0.717) is 58.6 Å². The molecule has 2 heterocycles. The van der Waals surface area contributed by atoms with Crippen molar-refractivity contribution in [2.24, 2.45) is 5.92 Å². The first-order chi connectivity index (χ1) is 21.1. The van der Waals surface area contributed by atoms with E-state index < -0.39 is 35.5 Å². The maximum Gasteiger partial charge on any atom is 0.243 e. The van der Waals surface area contributed by atoms with E-state index in [0.717, 1.165) is 11.1 Å². The number of epoxide rings is 1. The molecule has 2 aliphatic rings. The van der Waals surface area contributed by atoms with Crippen molar-refractivity contribution in [3.8, 4) is 0 Å². The smallest absolute Gasteiger partial charge is 0.243 e. The number of aryl methyl sites for hydroxylation is 1. The molecule has 2 aromatic carbocycles. The van der Waals surface area contributed by atoms with Gasteiger partial charge in [-0.2, -0.15) is 0 Å². The van der Waals surface area contributed by atoms with Gasteiger partial charge in [0.1, 0.15) is 17.7 Å². The Labute approximate surface area is 260 Å². The molecule has 3 amide bonds. The number of amides is 3. The molecule has 44 heavy (non-hydrogen) atoms.